The van der Waals surface area contributed by atoms with Gasteiger partial charge in [-0.25, -0.2) is 4.79 Å². The quantitative estimate of drug-likeness (QED) is 0.691. The fraction of sp³-hybridized carbons (Fsp3) is 0.545. The van der Waals surface area contributed by atoms with Crippen molar-refractivity contribution in [3.8, 4) is 0 Å². The van der Waals surface area contributed by atoms with Crippen molar-refractivity contribution in [3.63, 3.8) is 0 Å². The maximum atomic E-state index is 10.6. The van der Waals surface area contributed by atoms with E-state index in [0.717, 1.165) is 12.8 Å². The smallest absolute Gasteiger partial charge is 0.371 e. The van der Waals surface area contributed by atoms with Crippen LogP contribution < -0.4 is 5.32 Å². The van der Waals surface area contributed by atoms with Crippen molar-refractivity contribution in [2.24, 2.45) is 0 Å². The molecule has 0 aliphatic carbocycles. The molecule has 5 nitrogen and oxygen atoms in total. The highest BCUT2D eigenvalue weighted by molar-refractivity contribution is 5.84. The number of hydrogen-bond donors (Lipinski definition) is 3. The van der Waals surface area contributed by atoms with Gasteiger partial charge in [0.25, 0.3) is 0 Å². The second kappa shape index (κ2) is 5.03. The van der Waals surface area contributed by atoms with E-state index in [0.29, 0.717) is 5.88 Å². The minimum Gasteiger partial charge on any atom is -0.475 e. The van der Waals surface area contributed by atoms with Crippen LogP contribution in [0.5, 0.6) is 0 Å². The van der Waals surface area contributed by atoms with Gasteiger partial charge in [-0.05, 0) is 18.9 Å². The molecule has 1 aromatic rings. The topological polar surface area (TPSA) is 82.7 Å². The highest BCUT2D eigenvalue weighted by Crippen LogP contribution is 2.23. The Balaban J connectivity index is 2.81. The average Bonchev–Trinajstić information content (AvgIpc) is 2.74. The summed E-state index contributed by atoms with van der Waals surface area (Å²) in [5.74, 6) is -0.840. The van der Waals surface area contributed by atoms with Gasteiger partial charge < -0.3 is 19.9 Å². The van der Waals surface area contributed by atoms with E-state index in [4.69, 9.17) is 9.52 Å². The molecular formula is C11H17NO4. The number of nitrogens with one attached hydrogen (secondary N) is 1. The molecular weight excluding hydrogens is 210 g/mol. The highest BCUT2D eigenvalue weighted by Gasteiger charge is 2.26. The van der Waals surface area contributed by atoms with Crippen molar-refractivity contribution in [3.05, 3.63) is 17.9 Å². The normalized spacial score (nSPS) is 11.4. The summed E-state index contributed by atoms with van der Waals surface area (Å²) in [7, 11) is 0. The maximum Gasteiger partial charge on any atom is 0.371 e. The van der Waals surface area contributed by atoms with Gasteiger partial charge in [0.15, 0.2) is 5.88 Å². The van der Waals surface area contributed by atoms with Crippen LogP contribution in [0.1, 0.15) is 37.2 Å². The van der Waals surface area contributed by atoms with E-state index in [1.807, 2.05) is 13.8 Å². The maximum absolute atomic E-state index is 10.6. The molecule has 5 heteroatoms. The summed E-state index contributed by atoms with van der Waals surface area (Å²) in [6.45, 7) is 3.88. The monoisotopic (exact) mass is 227 g/mol. The molecule has 90 valence electrons. The van der Waals surface area contributed by atoms with Gasteiger partial charge in [0.05, 0.1) is 12.1 Å². The summed E-state index contributed by atoms with van der Waals surface area (Å²) in [5, 5.41) is 21.1. The summed E-state index contributed by atoms with van der Waals surface area (Å²) >= 11 is 0. The predicted molar refractivity (Wildman–Crippen MR) is 59.7 cm³/mol. The Labute approximate surface area is 94.1 Å². The first-order valence-corrected chi connectivity index (χ1v) is 5.29. The lowest BCUT2D eigenvalue weighted by molar-refractivity contribution is 0.0663. The summed E-state index contributed by atoms with van der Waals surface area (Å²) in [6.07, 6.45) is 1.45. The van der Waals surface area contributed by atoms with Crippen LogP contribution in [0.25, 0.3) is 0 Å². The lowest BCUT2D eigenvalue weighted by atomic mass is 9.94. The molecule has 1 heterocycles. The standard InChI is InChI=1S/C11H17NO4/c1-3-11(4-2,7-13)12-9-6-5-8(16-9)10(14)15/h5-6,12-13H,3-4,7H2,1-2H3,(H,14,15). The number of carboxylic acid groups (broad SMARTS) is 1. The zero-order chi connectivity index (χ0) is 12.2. The number of rotatable bonds is 6. The summed E-state index contributed by atoms with van der Waals surface area (Å²) in [5.41, 5.74) is -0.451. The van der Waals surface area contributed by atoms with Gasteiger partial charge >= 0.3 is 5.97 Å². The largest absolute Gasteiger partial charge is 0.475 e. The summed E-state index contributed by atoms with van der Waals surface area (Å²) < 4.78 is 5.08. The van der Waals surface area contributed by atoms with Crippen LogP contribution in [0, 0.1) is 0 Å². The molecule has 3 N–H and O–H groups in total. The number of furan rings is 1. The van der Waals surface area contributed by atoms with Crippen molar-refractivity contribution >= 4 is 11.9 Å². The Bertz CT molecular complexity index is 346. The van der Waals surface area contributed by atoms with Gasteiger partial charge in [-0.1, -0.05) is 13.8 Å². The van der Waals surface area contributed by atoms with Crippen LogP contribution in [0.15, 0.2) is 16.5 Å². The van der Waals surface area contributed by atoms with E-state index in [-0.39, 0.29) is 12.4 Å². The Morgan fingerprint density at radius 2 is 2.06 bits per heavy atom. The summed E-state index contributed by atoms with van der Waals surface area (Å²) in [4.78, 5) is 10.6. The van der Waals surface area contributed by atoms with Crippen molar-refractivity contribution in [2.45, 2.75) is 32.2 Å². The first-order chi connectivity index (χ1) is 7.56. The van der Waals surface area contributed by atoms with Gasteiger partial charge in [0.2, 0.25) is 5.76 Å². The molecule has 1 rings (SSSR count). The van der Waals surface area contributed by atoms with Crippen LogP contribution in [-0.4, -0.2) is 28.3 Å². The van der Waals surface area contributed by atoms with Gasteiger partial charge in [0, 0.05) is 6.07 Å². The number of aliphatic hydroxyl groups excluding tert-OH is 1. The average molecular weight is 227 g/mol. The van der Waals surface area contributed by atoms with E-state index in [2.05, 4.69) is 5.32 Å². The van der Waals surface area contributed by atoms with E-state index in [9.17, 15) is 9.90 Å². The van der Waals surface area contributed by atoms with Gasteiger partial charge in [-0.3, -0.25) is 0 Å². The lowest BCUT2D eigenvalue weighted by Crippen LogP contribution is -2.40. The van der Waals surface area contributed by atoms with Crippen molar-refractivity contribution < 1.29 is 19.4 Å². The van der Waals surface area contributed by atoms with Crippen molar-refractivity contribution in [1.82, 2.24) is 0 Å². The molecule has 0 fully saturated rings. The molecule has 0 radical (unpaired) electrons. The van der Waals surface area contributed by atoms with Crippen LogP contribution in [0.3, 0.4) is 0 Å². The predicted octanol–water partition coefficient (Wildman–Crippen LogP) is 1.94. The fourth-order valence-corrected chi connectivity index (χ4v) is 1.47. The molecule has 1 aromatic heterocycles. The van der Waals surface area contributed by atoms with Gasteiger partial charge in [-0.15, -0.1) is 0 Å². The molecule has 0 spiro atoms. The molecule has 0 saturated heterocycles. The molecule has 0 aliphatic rings. The number of anilines is 1. The molecule has 16 heavy (non-hydrogen) atoms. The lowest BCUT2D eigenvalue weighted by Gasteiger charge is -2.30. The first-order valence-electron chi connectivity index (χ1n) is 5.29. The SMILES string of the molecule is CCC(CC)(CO)Nc1ccc(C(=O)O)o1. The molecule has 0 unspecified atom stereocenters. The van der Waals surface area contributed by atoms with Crippen LogP contribution >= 0.6 is 0 Å². The molecule has 0 amide bonds. The number of hydrogen-bond acceptors (Lipinski definition) is 4. The zero-order valence-corrected chi connectivity index (χ0v) is 9.49. The van der Waals surface area contributed by atoms with Gasteiger partial charge in [0.1, 0.15) is 0 Å². The third kappa shape index (κ3) is 2.55. The van der Waals surface area contributed by atoms with Crippen LogP contribution in [0.2, 0.25) is 0 Å². The van der Waals surface area contributed by atoms with Gasteiger partial charge in [-0.2, -0.15) is 0 Å². The Morgan fingerprint density at radius 1 is 1.44 bits per heavy atom. The Kier molecular flexibility index (Phi) is 3.95. The number of carboxylic acids is 1. The Hall–Kier alpha value is -1.49. The Morgan fingerprint density at radius 3 is 2.44 bits per heavy atom. The highest BCUT2D eigenvalue weighted by atomic mass is 16.4. The van der Waals surface area contributed by atoms with Crippen molar-refractivity contribution in [1.29, 1.82) is 0 Å². The zero-order valence-electron chi connectivity index (χ0n) is 9.49. The van der Waals surface area contributed by atoms with Crippen molar-refractivity contribution in [2.75, 3.05) is 11.9 Å². The second-order valence-corrected chi connectivity index (χ2v) is 3.74. The molecule has 0 bridgehead atoms. The minimum absolute atomic E-state index is 0.0247. The number of carbonyl (C=O) groups is 1. The molecule has 0 aromatic carbocycles. The van der Waals surface area contributed by atoms with Crippen LogP contribution in [-0.2, 0) is 0 Å². The fourth-order valence-electron chi connectivity index (χ4n) is 1.47. The second-order valence-electron chi connectivity index (χ2n) is 3.74. The summed E-state index contributed by atoms with van der Waals surface area (Å²) in [6, 6.07) is 2.94. The molecule has 0 aliphatic heterocycles. The number of aromatic carboxylic acids is 1. The van der Waals surface area contributed by atoms with E-state index in [1.165, 1.54) is 6.07 Å². The third-order valence-electron chi connectivity index (χ3n) is 2.86. The molecule has 0 atom stereocenters. The minimum atomic E-state index is -1.10. The van der Waals surface area contributed by atoms with Crippen LogP contribution in [0.4, 0.5) is 5.88 Å². The first kappa shape index (κ1) is 12.6. The van der Waals surface area contributed by atoms with E-state index >= 15 is 0 Å². The third-order valence-corrected chi connectivity index (χ3v) is 2.86. The molecule has 0 saturated carbocycles. The number of aliphatic hydroxyl groups is 1. The van der Waals surface area contributed by atoms with E-state index in [1.54, 1.807) is 6.07 Å². The van der Waals surface area contributed by atoms with E-state index < -0.39 is 11.5 Å².